The molecule has 0 saturated heterocycles. The zero-order valence-electron chi connectivity index (χ0n) is 11.0. The van der Waals surface area contributed by atoms with Gasteiger partial charge in [-0.1, -0.05) is 32.8 Å². The molecule has 0 fully saturated rings. The van der Waals surface area contributed by atoms with Crippen molar-refractivity contribution in [2.24, 2.45) is 5.73 Å². The molecule has 0 atom stereocenters. The summed E-state index contributed by atoms with van der Waals surface area (Å²) in [4.78, 5) is 11.8. The van der Waals surface area contributed by atoms with Crippen LogP contribution < -0.4 is 11.1 Å². The van der Waals surface area contributed by atoms with E-state index in [0.717, 1.165) is 12.8 Å². The van der Waals surface area contributed by atoms with Gasteiger partial charge in [-0.25, -0.2) is 4.39 Å². The number of benzene rings is 1. The summed E-state index contributed by atoms with van der Waals surface area (Å²) in [5.74, 6) is -0.707. The van der Waals surface area contributed by atoms with Gasteiger partial charge in [0.15, 0.2) is 0 Å². The Morgan fingerprint density at radius 3 is 2.39 bits per heavy atom. The first-order valence-electron chi connectivity index (χ1n) is 6.37. The van der Waals surface area contributed by atoms with E-state index < -0.39 is 5.54 Å². The molecule has 1 amide bonds. The molecule has 0 aromatic heterocycles. The topological polar surface area (TPSA) is 55.1 Å². The standard InChI is InChI=1S/C14H21FN2O/c1-3-8-14(9-4-2,13(16)18)17-12-7-5-6-11(15)10-12/h5-7,10,17H,3-4,8-9H2,1-2H3,(H2,16,18). The summed E-state index contributed by atoms with van der Waals surface area (Å²) in [7, 11) is 0. The second kappa shape index (κ2) is 6.38. The molecule has 1 aromatic carbocycles. The molecule has 0 unspecified atom stereocenters. The number of hydrogen-bond acceptors (Lipinski definition) is 2. The van der Waals surface area contributed by atoms with Gasteiger partial charge in [-0.2, -0.15) is 0 Å². The summed E-state index contributed by atoms with van der Waals surface area (Å²) in [5.41, 5.74) is 5.35. The second-order valence-electron chi connectivity index (χ2n) is 4.58. The number of carbonyl (C=O) groups excluding carboxylic acids is 1. The second-order valence-corrected chi connectivity index (χ2v) is 4.58. The fourth-order valence-corrected chi connectivity index (χ4v) is 2.25. The zero-order chi connectivity index (χ0) is 13.6. The van der Waals surface area contributed by atoms with Crippen molar-refractivity contribution in [1.29, 1.82) is 0 Å². The molecule has 1 aromatic rings. The molecule has 0 aliphatic rings. The van der Waals surface area contributed by atoms with Crippen LogP contribution >= 0.6 is 0 Å². The van der Waals surface area contributed by atoms with Gasteiger partial charge >= 0.3 is 0 Å². The minimum Gasteiger partial charge on any atom is -0.371 e. The highest BCUT2D eigenvalue weighted by Gasteiger charge is 2.34. The SMILES string of the molecule is CCCC(CCC)(Nc1cccc(F)c1)C(N)=O. The van der Waals surface area contributed by atoms with Crippen molar-refractivity contribution in [3.05, 3.63) is 30.1 Å². The summed E-state index contributed by atoms with van der Waals surface area (Å²) >= 11 is 0. The first-order valence-corrected chi connectivity index (χ1v) is 6.37. The average molecular weight is 252 g/mol. The fraction of sp³-hybridized carbons (Fsp3) is 0.500. The molecule has 3 nitrogen and oxygen atoms in total. The molecule has 0 aliphatic carbocycles. The van der Waals surface area contributed by atoms with Crippen molar-refractivity contribution in [3.63, 3.8) is 0 Å². The maximum Gasteiger partial charge on any atom is 0.243 e. The molecular weight excluding hydrogens is 231 g/mol. The van der Waals surface area contributed by atoms with Gasteiger partial charge in [-0.15, -0.1) is 0 Å². The number of rotatable bonds is 7. The van der Waals surface area contributed by atoms with E-state index in [4.69, 9.17) is 5.73 Å². The Hall–Kier alpha value is -1.58. The Morgan fingerprint density at radius 1 is 1.33 bits per heavy atom. The Labute approximate surface area is 108 Å². The number of anilines is 1. The molecule has 0 spiro atoms. The number of amides is 1. The molecule has 0 saturated carbocycles. The van der Waals surface area contributed by atoms with Crippen molar-refractivity contribution >= 4 is 11.6 Å². The normalized spacial score (nSPS) is 11.3. The first kappa shape index (κ1) is 14.5. The lowest BCUT2D eigenvalue weighted by molar-refractivity contribution is -0.122. The lowest BCUT2D eigenvalue weighted by Crippen LogP contribution is -2.50. The van der Waals surface area contributed by atoms with E-state index in [9.17, 15) is 9.18 Å². The lowest BCUT2D eigenvalue weighted by Gasteiger charge is -2.32. The van der Waals surface area contributed by atoms with Crippen LogP contribution in [-0.4, -0.2) is 11.4 Å². The Kier molecular flexibility index (Phi) is 5.13. The molecule has 100 valence electrons. The highest BCUT2D eigenvalue weighted by atomic mass is 19.1. The summed E-state index contributed by atoms with van der Waals surface area (Å²) in [6.07, 6.45) is 2.97. The van der Waals surface area contributed by atoms with E-state index in [1.165, 1.54) is 12.1 Å². The average Bonchev–Trinajstić information content (AvgIpc) is 2.29. The molecule has 3 N–H and O–H groups in total. The molecular formula is C14H21FN2O. The van der Waals surface area contributed by atoms with E-state index in [-0.39, 0.29) is 11.7 Å². The minimum absolute atomic E-state index is 0.327. The fourth-order valence-electron chi connectivity index (χ4n) is 2.25. The predicted octanol–water partition coefficient (Wildman–Crippen LogP) is 3.06. The van der Waals surface area contributed by atoms with Gasteiger partial charge in [0, 0.05) is 5.69 Å². The maximum atomic E-state index is 13.2. The summed E-state index contributed by atoms with van der Waals surface area (Å²) in [6.45, 7) is 4.00. The van der Waals surface area contributed by atoms with Crippen LogP contribution in [0.15, 0.2) is 24.3 Å². The van der Waals surface area contributed by atoms with E-state index >= 15 is 0 Å². The van der Waals surface area contributed by atoms with Crippen LogP contribution in [0.4, 0.5) is 10.1 Å². The van der Waals surface area contributed by atoms with Gasteiger partial charge < -0.3 is 11.1 Å². The van der Waals surface area contributed by atoms with Gasteiger partial charge in [0.05, 0.1) is 0 Å². The summed E-state index contributed by atoms with van der Waals surface area (Å²) in [5, 5.41) is 3.12. The smallest absolute Gasteiger partial charge is 0.243 e. The Bertz CT molecular complexity index is 401. The van der Waals surface area contributed by atoms with Crippen LogP contribution in [0.25, 0.3) is 0 Å². The number of halogens is 1. The number of primary amides is 1. The molecule has 18 heavy (non-hydrogen) atoms. The molecule has 0 radical (unpaired) electrons. The van der Waals surface area contributed by atoms with Gasteiger partial charge in [-0.05, 0) is 31.0 Å². The zero-order valence-corrected chi connectivity index (χ0v) is 11.0. The third-order valence-electron chi connectivity index (χ3n) is 3.03. The monoisotopic (exact) mass is 252 g/mol. The van der Waals surface area contributed by atoms with Crippen LogP contribution in [0, 0.1) is 5.82 Å². The molecule has 4 heteroatoms. The highest BCUT2D eigenvalue weighted by Crippen LogP contribution is 2.25. The predicted molar refractivity (Wildman–Crippen MR) is 71.8 cm³/mol. The van der Waals surface area contributed by atoms with Crippen LogP contribution in [0.3, 0.4) is 0 Å². The van der Waals surface area contributed by atoms with Crippen molar-refractivity contribution in [2.75, 3.05) is 5.32 Å². The number of carbonyl (C=O) groups is 1. The van der Waals surface area contributed by atoms with Crippen molar-refractivity contribution in [1.82, 2.24) is 0 Å². The maximum absolute atomic E-state index is 13.2. The Morgan fingerprint density at radius 2 is 1.94 bits per heavy atom. The van der Waals surface area contributed by atoms with Crippen LogP contribution in [-0.2, 0) is 4.79 Å². The lowest BCUT2D eigenvalue weighted by atomic mass is 9.87. The van der Waals surface area contributed by atoms with E-state index in [0.29, 0.717) is 18.5 Å². The molecule has 1 rings (SSSR count). The van der Waals surface area contributed by atoms with Gasteiger partial charge in [0.25, 0.3) is 0 Å². The Balaban J connectivity index is 2.99. The van der Waals surface area contributed by atoms with Gasteiger partial charge in [-0.3, -0.25) is 4.79 Å². The van der Waals surface area contributed by atoms with E-state index in [2.05, 4.69) is 5.32 Å². The third kappa shape index (κ3) is 3.45. The number of nitrogens with one attached hydrogen (secondary N) is 1. The van der Waals surface area contributed by atoms with Gasteiger partial charge in [0.1, 0.15) is 11.4 Å². The van der Waals surface area contributed by atoms with E-state index in [1.54, 1.807) is 12.1 Å². The molecule has 0 aliphatic heterocycles. The largest absolute Gasteiger partial charge is 0.371 e. The number of nitrogens with two attached hydrogens (primary N) is 1. The summed E-state index contributed by atoms with van der Waals surface area (Å²) < 4.78 is 13.2. The quantitative estimate of drug-likeness (QED) is 0.783. The third-order valence-corrected chi connectivity index (χ3v) is 3.03. The van der Waals surface area contributed by atoms with Crippen LogP contribution in [0.2, 0.25) is 0 Å². The van der Waals surface area contributed by atoms with E-state index in [1.807, 2.05) is 13.8 Å². The minimum atomic E-state index is -0.780. The highest BCUT2D eigenvalue weighted by molar-refractivity contribution is 5.87. The van der Waals surface area contributed by atoms with Crippen LogP contribution in [0.1, 0.15) is 39.5 Å². The molecule has 0 bridgehead atoms. The first-order chi connectivity index (χ1) is 8.54. The van der Waals surface area contributed by atoms with Gasteiger partial charge in [0.2, 0.25) is 5.91 Å². The van der Waals surface area contributed by atoms with Crippen molar-refractivity contribution < 1.29 is 9.18 Å². The molecule has 0 heterocycles. The van der Waals surface area contributed by atoms with Crippen LogP contribution in [0.5, 0.6) is 0 Å². The van der Waals surface area contributed by atoms with Crippen molar-refractivity contribution in [3.8, 4) is 0 Å². The summed E-state index contributed by atoms with van der Waals surface area (Å²) in [6, 6.07) is 6.10. The van der Waals surface area contributed by atoms with Crippen molar-refractivity contribution in [2.45, 2.75) is 45.1 Å². The number of hydrogen-bond donors (Lipinski definition) is 2.